The molecule has 0 spiro atoms. The van der Waals surface area contributed by atoms with Crippen molar-refractivity contribution in [2.75, 3.05) is 0 Å². The molecular weight excluding hydrogens is 260 g/mol. The highest BCUT2D eigenvalue weighted by molar-refractivity contribution is 7.12. The van der Waals surface area contributed by atoms with Gasteiger partial charge in [0.15, 0.2) is 0 Å². The molecule has 1 atom stereocenters. The topological polar surface area (TPSA) is 62.0 Å². The van der Waals surface area contributed by atoms with Crippen molar-refractivity contribution in [1.29, 1.82) is 0 Å². The Morgan fingerprint density at radius 3 is 2.68 bits per heavy atom. The van der Waals surface area contributed by atoms with Crippen LogP contribution < -0.4 is 10.9 Å². The number of thiophene rings is 1. The molecule has 2 heterocycles. The average Bonchev–Trinajstić information content (AvgIpc) is 2.68. The number of carbonyl (C=O) groups excluding carboxylic acids is 1. The van der Waals surface area contributed by atoms with E-state index in [9.17, 15) is 9.59 Å². The number of aryl methyl sites for hydroxylation is 2. The third kappa shape index (κ3) is 3.12. The molecule has 19 heavy (non-hydrogen) atoms. The van der Waals surface area contributed by atoms with Gasteiger partial charge in [-0.1, -0.05) is 0 Å². The first-order chi connectivity index (χ1) is 8.97. The number of hydrogen-bond acceptors (Lipinski definition) is 3. The smallest absolute Gasteiger partial charge is 0.252 e. The van der Waals surface area contributed by atoms with E-state index in [1.165, 1.54) is 22.0 Å². The van der Waals surface area contributed by atoms with Gasteiger partial charge in [-0.15, -0.1) is 11.3 Å². The van der Waals surface area contributed by atoms with Gasteiger partial charge in [0.2, 0.25) is 5.56 Å². The summed E-state index contributed by atoms with van der Waals surface area (Å²) < 4.78 is 0. The zero-order valence-electron chi connectivity index (χ0n) is 11.1. The fourth-order valence-electron chi connectivity index (χ4n) is 2.02. The van der Waals surface area contributed by atoms with Gasteiger partial charge in [-0.05, 0) is 38.5 Å². The maximum Gasteiger partial charge on any atom is 0.252 e. The second-order valence-corrected chi connectivity index (χ2v) is 5.97. The second-order valence-electron chi connectivity index (χ2n) is 4.51. The molecule has 0 aliphatic heterocycles. The summed E-state index contributed by atoms with van der Waals surface area (Å²) in [6, 6.07) is 4.91. The number of carbonyl (C=O) groups is 1. The third-order valence-corrected chi connectivity index (χ3v) is 3.91. The Morgan fingerprint density at radius 1 is 1.37 bits per heavy atom. The van der Waals surface area contributed by atoms with E-state index in [1.54, 1.807) is 17.4 Å². The molecule has 2 aromatic rings. The lowest BCUT2D eigenvalue weighted by Crippen LogP contribution is -2.27. The minimum absolute atomic E-state index is 0.0725. The maximum absolute atomic E-state index is 12.0. The molecule has 0 bridgehead atoms. The molecule has 0 saturated heterocycles. The summed E-state index contributed by atoms with van der Waals surface area (Å²) in [6.07, 6.45) is 1.47. The predicted molar refractivity (Wildman–Crippen MR) is 76.7 cm³/mol. The average molecular weight is 276 g/mol. The van der Waals surface area contributed by atoms with Crippen molar-refractivity contribution in [3.05, 3.63) is 55.6 Å². The highest BCUT2D eigenvalue weighted by atomic mass is 32.1. The van der Waals surface area contributed by atoms with Crippen LogP contribution in [0.4, 0.5) is 0 Å². The van der Waals surface area contributed by atoms with E-state index < -0.39 is 0 Å². The molecular formula is C14H16N2O2S. The molecule has 0 aromatic carbocycles. The molecule has 0 radical (unpaired) electrons. The first-order valence-corrected chi connectivity index (χ1v) is 6.85. The first kappa shape index (κ1) is 13.5. The van der Waals surface area contributed by atoms with Crippen LogP contribution in [0.2, 0.25) is 0 Å². The molecule has 4 nitrogen and oxygen atoms in total. The van der Waals surface area contributed by atoms with Crippen molar-refractivity contribution in [2.45, 2.75) is 26.8 Å². The van der Waals surface area contributed by atoms with Crippen molar-refractivity contribution in [3.63, 3.8) is 0 Å². The standard InChI is InChI=1S/C14H16N2O2S/c1-8-6-12(10(3)19-8)9(2)16-14(18)11-4-5-15-13(17)7-11/h4-7,9H,1-3H3,(H,15,17)(H,16,18). The monoisotopic (exact) mass is 276 g/mol. The van der Waals surface area contributed by atoms with E-state index in [4.69, 9.17) is 0 Å². The molecule has 2 aromatic heterocycles. The fraction of sp³-hybridized carbons (Fsp3) is 0.286. The Kier molecular flexibility index (Phi) is 3.85. The molecule has 1 amide bonds. The third-order valence-electron chi connectivity index (χ3n) is 2.93. The number of hydrogen-bond donors (Lipinski definition) is 2. The van der Waals surface area contributed by atoms with E-state index in [-0.39, 0.29) is 17.5 Å². The quantitative estimate of drug-likeness (QED) is 0.905. The van der Waals surface area contributed by atoms with Crippen LogP contribution in [-0.2, 0) is 0 Å². The van der Waals surface area contributed by atoms with Gasteiger partial charge in [-0.25, -0.2) is 0 Å². The molecule has 0 aliphatic rings. The van der Waals surface area contributed by atoms with Crippen LogP contribution in [0.1, 0.15) is 38.6 Å². The van der Waals surface area contributed by atoms with Crippen molar-refractivity contribution in [1.82, 2.24) is 10.3 Å². The number of pyridine rings is 1. The molecule has 1 unspecified atom stereocenters. The summed E-state index contributed by atoms with van der Waals surface area (Å²) in [5, 5.41) is 2.91. The number of amides is 1. The van der Waals surface area contributed by atoms with Crippen LogP contribution >= 0.6 is 11.3 Å². The lowest BCUT2D eigenvalue weighted by molar-refractivity contribution is 0.0939. The van der Waals surface area contributed by atoms with Crippen molar-refractivity contribution in [2.24, 2.45) is 0 Å². The van der Waals surface area contributed by atoms with E-state index >= 15 is 0 Å². The van der Waals surface area contributed by atoms with E-state index in [0.717, 1.165) is 5.56 Å². The Labute approximate surface area is 115 Å². The molecule has 100 valence electrons. The zero-order chi connectivity index (χ0) is 14.0. The molecule has 0 aliphatic carbocycles. The van der Waals surface area contributed by atoms with E-state index in [2.05, 4.69) is 16.4 Å². The lowest BCUT2D eigenvalue weighted by atomic mass is 10.1. The van der Waals surface area contributed by atoms with Crippen molar-refractivity contribution >= 4 is 17.2 Å². The lowest BCUT2D eigenvalue weighted by Gasteiger charge is -2.13. The van der Waals surface area contributed by atoms with Gasteiger partial charge >= 0.3 is 0 Å². The minimum atomic E-state index is -0.275. The molecule has 2 rings (SSSR count). The Morgan fingerprint density at radius 2 is 2.11 bits per heavy atom. The maximum atomic E-state index is 12.0. The van der Waals surface area contributed by atoms with E-state index in [1.807, 2.05) is 20.8 Å². The predicted octanol–water partition coefficient (Wildman–Crippen LogP) is 2.54. The largest absolute Gasteiger partial charge is 0.345 e. The van der Waals surface area contributed by atoms with Crippen molar-refractivity contribution < 1.29 is 4.79 Å². The Balaban J connectivity index is 2.15. The van der Waals surface area contributed by atoms with Gasteiger partial charge in [-0.3, -0.25) is 9.59 Å². The van der Waals surface area contributed by atoms with Gasteiger partial charge in [0.05, 0.1) is 6.04 Å². The van der Waals surface area contributed by atoms with Crippen LogP contribution in [0.3, 0.4) is 0 Å². The van der Waals surface area contributed by atoms with Gasteiger partial charge in [0.25, 0.3) is 5.91 Å². The molecule has 2 N–H and O–H groups in total. The van der Waals surface area contributed by atoms with Crippen LogP contribution in [-0.4, -0.2) is 10.9 Å². The van der Waals surface area contributed by atoms with Crippen LogP contribution in [0.5, 0.6) is 0 Å². The summed E-state index contributed by atoms with van der Waals surface area (Å²) in [5.74, 6) is -0.234. The fourth-order valence-corrected chi connectivity index (χ4v) is 3.05. The van der Waals surface area contributed by atoms with Gasteiger partial charge in [0, 0.05) is 27.6 Å². The number of rotatable bonds is 3. The van der Waals surface area contributed by atoms with Gasteiger partial charge in [0.1, 0.15) is 0 Å². The van der Waals surface area contributed by atoms with Crippen LogP contribution in [0.15, 0.2) is 29.2 Å². The molecule has 0 saturated carbocycles. The minimum Gasteiger partial charge on any atom is -0.345 e. The SMILES string of the molecule is Cc1cc(C(C)NC(=O)c2cc[nH]c(=O)c2)c(C)s1. The summed E-state index contributed by atoms with van der Waals surface area (Å²) >= 11 is 1.72. The highest BCUT2D eigenvalue weighted by Gasteiger charge is 2.15. The number of H-pyrrole nitrogens is 1. The Hall–Kier alpha value is -1.88. The Bertz CT molecular complexity index is 657. The number of aromatic amines is 1. The second kappa shape index (κ2) is 5.40. The number of aromatic nitrogens is 1. The van der Waals surface area contributed by atoms with Gasteiger partial charge in [-0.2, -0.15) is 0 Å². The van der Waals surface area contributed by atoms with E-state index in [0.29, 0.717) is 5.56 Å². The molecule has 5 heteroatoms. The number of nitrogens with one attached hydrogen (secondary N) is 2. The summed E-state index contributed by atoms with van der Waals surface area (Å²) in [4.78, 5) is 28.1. The normalized spacial score (nSPS) is 12.2. The summed E-state index contributed by atoms with van der Waals surface area (Å²) in [7, 11) is 0. The first-order valence-electron chi connectivity index (χ1n) is 6.04. The summed E-state index contributed by atoms with van der Waals surface area (Å²) in [6.45, 7) is 6.04. The van der Waals surface area contributed by atoms with Crippen molar-refractivity contribution in [3.8, 4) is 0 Å². The highest BCUT2D eigenvalue weighted by Crippen LogP contribution is 2.26. The van der Waals surface area contributed by atoms with Gasteiger partial charge < -0.3 is 10.3 Å². The molecule has 0 fully saturated rings. The van der Waals surface area contributed by atoms with Crippen LogP contribution in [0.25, 0.3) is 0 Å². The van der Waals surface area contributed by atoms with Crippen LogP contribution in [0, 0.1) is 13.8 Å². The summed E-state index contributed by atoms with van der Waals surface area (Å²) in [5.41, 5.74) is 1.23. The zero-order valence-corrected chi connectivity index (χ0v) is 11.9.